The molecule has 0 unspecified atom stereocenters. The minimum Gasteiger partial charge on any atom is -0.503 e. The number of pyridine rings is 2. The number of hydrogen-bond acceptors (Lipinski definition) is 12. The van der Waals surface area contributed by atoms with E-state index in [1.807, 2.05) is 0 Å². The van der Waals surface area contributed by atoms with E-state index < -0.39 is 140 Å². The number of rotatable bonds is 10. The molecule has 0 aliphatic carbocycles. The Kier molecular flexibility index (Phi) is 14.1. The zero-order valence-electron chi connectivity index (χ0n) is 39.8. The Morgan fingerprint density at radius 3 is 1.34 bits per heavy atom. The molecule has 2 saturated heterocycles. The molecule has 4 bridgehead atoms. The SMILES string of the molecule is C.CO[C@@H]1[C@@H](OC)c2c(C(=O)NCc3c(F)cc(F)cc3F)c(=O)c(O)c3n2[C@]12CCCCN(C2)C3=O.CO[C@@H]1c2c(C(=O)NCc3c(F)cc(C)cc3F)c(=O)c(O)c3n2[C@@]2(CCCCN(C2)C3=O)[C@H]1OC. The van der Waals surface area contributed by atoms with Gasteiger partial charge in [0.05, 0.1) is 22.5 Å². The quantitative estimate of drug-likeness (QED) is 0.159. The molecule has 4 aromatic rings. The predicted molar refractivity (Wildman–Crippen MR) is 248 cm³/mol. The fourth-order valence-corrected chi connectivity index (χ4v) is 12.0. The number of nitrogens with zero attached hydrogens (tertiary/aromatic N) is 4. The van der Waals surface area contributed by atoms with E-state index in [4.69, 9.17) is 18.9 Å². The predicted octanol–water partition coefficient (Wildman–Crippen LogP) is 4.71. The molecule has 392 valence electrons. The maximum Gasteiger partial charge on any atom is 0.274 e. The summed E-state index contributed by atoms with van der Waals surface area (Å²) < 4.78 is 96.3. The van der Waals surface area contributed by atoms with Crippen LogP contribution in [0.1, 0.15) is 128 Å². The van der Waals surface area contributed by atoms with E-state index in [-0.39, 0.29) is 48.9 Å². The van der Waals surface area contributed by atoms with Crippen LogP contribution in [0.3, 0.4) is 0 Å². The minimum atomic E-state index is -1.21. The zero-order valence-corrected chi connectivity index (χ0v) is 39.8. The molecule has 2 fully saturated rings. The number of nitrogens with one attached hydrogen (secondary N) is 2. The molecule has 10 rings (SSSR count). The van der Waals surface area contributed by atoms with Crippen LogP contribution in [0.4, 0.5) is 22.0 Å². The van der Waals surface area contributed by atoms with E-state index in [1.165, 1.54) is 39.9 Å². The van der Waals surface area contributed by atoms with E-state index in [0.717, 1.165) is 31.4 Å². The lowest BCUT2D eigenvalue weighted by atomic mass is 9.85. The number of hydrogen-bond donors (Lipinski definition) is 4. The molecule has 2 aromatic heterocycles. The number of carbonyl (C=O) groups excluding carboxylic acids is 4. The van der Waals surface area contributed by atoms with Gasteiger partial charge in [0.25, 0.3) is 23.6 Å². The van der Waals surface area contributed by atoms with Gasteiger partial charge in [-0.15, -0.1) is 0 Å². The average Bonchev–Trinajstić information content (AvgIpc) is 3.52. The van der Waals surface area contributed by atoms with Gasteiger partial charge in [-0.2, -0.15) is 0 Å². The standard InChI is InChI=1S/C25H27F2N3O6.C24H24F3N3O6.CH4/c1-12-8-14(26)13(15(27)9-12)10-28-23(33)16-17-21(35-2)22(36-3)25-6-4-5-7-29(11-25)24(34)18(30(17)25)20(32)19(16)31;1-35-20-16-15(22(33)28-9-12-13(26)7-11(25)8-14(12)27)18(31)19(32)17-23(34)29-6-4-3-5-24(10-29,30(16)17)21(20)36-2;/h8-9,21-22,32H,4-7,10-11H2,1-3H3,(H,28,33);7-8,20-21,32H,3-6,9-10H2,1-2H3,(H,28,33);1H4/t21-,22+,25-;20-,21+,24-;/m10./s1. The van der Waals surface area contributed by atoms with Gasteiger partial charge in [-0.05, 0) is 63.1 Å². The Morgan fingerprint density at radius 2 is 0.986 bits per heavy atom. The van der Waals surface area contributed by atoms with Gasteiger partial charge in [0.15, 0.2) is 22.9 Å². The summed E-state index contributed by atoms with van der Waals surface area (Å²) in [4.78, 5) is 83.0. The first kappa shape index (κ1) is 52.6. The summed E-state index contributed by atoms with van der Waals surface area (Å²) in [7, 11) is 5.73. The second-order valence-corrected chi connectivity index (χ2v) is 18.9. The number of fused-ring (bicyclic) bond motifs is 2. The summed E-state index contributed by atoms with van der Waals surface area (Å²) in [6.07, 6.45) is 0.799. The van der Waals surface area contributed by atoms with Crippen molar-refractivity contribution in [3.63, 3.8) is 0 Å². The number of amides is 4. The van der Waals surface area contributed by atoms with Crippen molar-refractivity contribution in [2.75, 3.05) is 54.6 Å². The van der Waals surface area contributed by atoms with Crippen molar-refractivity contribution in [2.24, 2.45) is 0 Å². The summed E-state index contributed by atoms with van der Waals surface area (Å²) in [6.45, 7) is 1.73. The summed E-state index contributed by atoms with van der Waals surface area (Å²) in [5, 5.41) is 26.5. The topological polar surface area (TPSA) is 220 Å². The normalized spacial score (nSPS) is 24.1. The summed E-state index contributed by atoms with van der Waals surface area (Å²) in [5.41, 5.74) is -5.76. The van der Waals surface area contributed by atoms with Crippen molar-refractivity contribution < 1.29 is 70.3 Å². The van der Waals surface area contributed by atoms with E-state index in [1.54, 1.807) is 14.4 Å². The highest BCUT2D eigenvalue weighted by atomic mass is 19.2. The molecule has 73 heavy (non-hydrogen) atoms. The smallest absolute Gasteiger partial charge is 0.274 e. The molecule has 0 saturated carbocycles. The van der Waals surface area contributed by atoms with Gasteiger partial charge in [0.1, 0.15) is 64.6 Å². The molecule has 2 aromatic carbocycles. The van der Waals surface area contributed by atoms with Crippen molar-refractivity contribution >= 4 is 23.6 Å². The van der Waals surface area contributed by atoms with E-state index in [9.17, 15) is 60.9 Å². The fraction of sp³-hybridized carbons (Fsp3) is 0.480. The van der Waals surface area contributed by atoms with Crippen molar-refractivity contribution in [3.05, 3.63) is 124 Å². The highest BCUT2D eigenvalue weighted by molar-refractivity contribution is 6.02. The van der Waals surface area contributed by atoms with E-state index >= 15 is 0 Å². The first-order chi connectivity index (χ1) is 34.3. The summed E-state index contributed by atoms with van der Waals surface area (Å²) >= 11 is 0. The number of methoxy groups -OCH3 is 4. The van der Waals surface area contributed by atoms with Crippen LogP contribution in [0.5, 0.6) is 11.5 Å². The average molecular weight is 1030 g/mol. The lowest BCUT2D eigenvalue weighted by Crippen LogP contribution is -2.57. The number of halogens is 5. The first-order valence-corrected chi connectivity index (χ1v) is 23.2. The maximum atomic E-state index is 14.3. The third-order valence-electron chi connectivity index (χ3n) is 15.0. The van der Waals surface area contributed by atoms with Gasteiger partial charge in [-0.1, -0.05) is 7.43 Å². The number of aryl methyl sites for hydroxylation is 1. The van der Waals surface area contributed by atoms with Crippen LogP contribution in [0, 0.1) is 36.0 Å². The molecule has 6 aliphatic heterocycles. The molecule has 8 heterocycles. The van der Waals surface area contributed by atoms with E-state index in [2.05, 4.69) is 10.6 Å². The van der Waals surface area contributed by atoms with Gasteiger partial charge >= 0.3 is 0 Å². The van der Waals surface area contributed by atoms with Crippen LogP contribution < -0.4 is 21.5 Å². The van der Waals surface area contributed by atoms with Crippen LogP contribution >= 0.6 is 0 Å². The molecule has 0 radical (unpaired) electrons. The molecule has 2 spiro atoms. The van der Waals surface area contributed by atoms with Crippen molar-refractivity contribution in [2.45, 2.75) is 101 Å². The first-order valence-electron chi connectivity index (χ1n) is 23.2. The number of benzene rings is 2. The second kappa shape index (κ2) is 19.6. The molecule has 4 N–H and O–H groups in total. The van der Waals surface area contributed by atoms with Crippen molar-refractivity contribution in [1.29, 1.82) is 0 Å². The lowest BCUT2D eigenvalue weighted by molar-refractivity contribution is -0.0817. The van der Waals surface area contributed by atoms with Crippen LogP contribution in [-0.2, 0) is 43.1 Å². The number of ether oxygens (including phenoxy) is 4. The van der Waals surface area contributed by atoms with Crippen molar-refractivity contribution in [3.8, 4) is 11.5 Å². The third kappa shape index (κ3) is 7.96. The van der Waals surface area contributed by atoms with Gasteiger partial charge in [-0.3, -0.25) is 28.8 Å². The third-order valence-corrected chi connectivity index (χ3v) is 15.0. The molecule has 6 aliphatic rings. The largest absolute Gasteiger partial charge is 0.503 e. The number of aromatic hydroxyl groups is 2. The van der Waals surface area contributed by atoms with Crippen LogP contribution in [0.25, 0.3) is 0 Å². The Hall–Kier alpha value is -6.69. The summed E-state index contributed by atoms with van der Waals surface area (Å²) in [6, 6.07) is 3.23. The van der Waals surface area contributed by atoms with Crippen LogP contribution in [-0.4, -0.2) is 120 Å². The monoisotopic (exact) mass is 1030 g/mol. The molecule has 23 heteroatoms. The highest BCUT2D eigenvalue weighted by Crippen LogP contribution is 2.53. The Bertz CT molecular complexity index is 2850. The maximum absolute atomic E-state index is 14.3. The highest BCUT2D eigenvalue weighted by Gasteiger charge is 2.62. The van der Waals surface area contributed by atoms with Gasteiger partial charge < -0.3 is 58.7 Å². The van der Waals surface area contributed by atoms with E-state index in [0.29, 0.717) is 50.0 Å². The molecule has 4 amide bonds. The Labute approximate surface area is 414 Å². The Morgan fingerprint density at radius 1 is 0.616 bits per heavy atom. The Balaban J connectivity index is 0.000000192. The van der Waals surface area contributed by atoms with Gasteiger partial charge in [-0.25, -0.2) is 22.0 Å². The fourth-order valence-electron chi connectivity index (χ4n) is 12.0. The van der Waals surface area contributed by atoms with Crippen LogP contribution in [0.2, 0.25) is 0 Å². The summed E-state index contributed by atoms with van der Waals surface area (Å²) in [5.74, 6) is -9.98. The lowest BCUT2D eigenvalue weighted by Gasteiger charge is -2.44. The van der Waals surface area contributed by atoms with Gasteiger partial charge in [0, 0.05) is 91.0 Å². The number of carbonyl (C=O) groups is 4. The molecular formula is C50H55F5N6O12. The molecular weight excluding hydrogens is 972 g/mol. The molecule has 6 atom stereocenters. The minimum absolute atomic E-state index is 0. The van der Waals surface area contributed by atoms with Crippen LogP contribution in [0.15, 0.2) is 33.9 Å². The van der Waals surface area contributed by atoms with Crippen molar-refractivity contribution in [1.82, 2.24) is 29.6 Å². The number of aromatic nitrogens is 2. The zero-order chi connectivity index (χ0) is 51.9. The second-order valence-electron chi connectivity index (χ2n) is 18.9. The van der Waals surface area contributed by atoms with Gasteiger partial charge in [0.2, 0.25) is 10.9 Å². The molecule has 18 nitrogen and oxygen atoms in total.